The number of hydrogen-bond acceptors (Lipinski definition) is 5. The SMILES string of the molecule is CCCCn1ncc(NCc2ccncn2)c(Cl)c1=O. The molecular weight excluding hydrogens is 278 g/mol. The van der Waals surface area contributed by atoms with Gasteiger partial charge in [-0.05, 0) is 12.5 Å². The highest BCUT2D eigenvalue weighted by atomic mass is 35.5. The van der Waals surface area contributed by atoms with Gasteiger partial charge >= 0.3 is 0 Å². The summed E-state index contributed by atoms with van der Waals surface area (Å²) in [5, 5.41) is 7.33. The molecule has 7 heteroatoms. The molecule has 0 bridgehead atoms. The molecule has 0 saturated heterocycles. The van der Waals surface area contributed by atoms with E-state index >= 15 is 0 Å². The zero-order valence-corrected chi connectivity index (χ0v) is 12.0. The van der Waals surface area contributed by atoms with Crippen LogP contribution in [0.4, 0.5) is 5.69 Å². The first-order chi connectivity index (χ1) is 9.72. The number of nitrogens with one attached hydrogen (secondary N) is 1. The van der Waals surface area contributed by atoms with Gasteiger partial charge in [0.2, 0.25) is 0 Å². The van der Waals surface area contributed by atoms with Crippen molar-refractivity contribution in [3.63, 3.8) is 0 Å². The van der Waals surface area contributed by atoms with Crippen molar-refractivity contribution in [2.24, 2.45) is 0 Å². The number of nitrogens with zero attached hydrogens (tertiary/aromatic N) is 4. The van der Waals surface area contributed by atoms with Gasteiger partial charge in [0.25, 0.3) is 5.56 Å². The van der Waals surface area contributed by atoms with Crippen molar-refractivity contribution in [2.75, 3.05) is 5.32 Å². The topological polar surface area (TPSA) is 72.7 Å². The molecule has 2 heterocycles. The van der Waals surface area contributed by atoms with E-state index in [-0.39, 0.29) is 10.6 Å². The van der Waals surface area contributed by atoms with E-state index < -0.39 is 0 Å². The number of hydrogen-bond donors (Lipinski definition) is 1. The lowest BCUT2D eigenvalue weighted by Gasteiger charge is -2.09. The number of aryl methyl sites for hydroxylation is 1. The maximum atomic E-state index is 12.0. The van der Waals surface area contributed by atoms with Gasteiger partial charge in [0.1, 0.15) is 11.3 Å². The molecule has 6 nitrogen and oxygen atoms in total. The molecule has 2 aromatic rings. The predicted octanol–water partition coefficient (Wildman–Crippen LogP) is 2.10. The second-order valence-electron chi connectivity index (χ2n) is 4.31. The first kappa shape index (κ1) is 14.5. The van der Waals surface area contributed by atoms with Crippen LogP contribution >= 0.6 is 11.6 Å². The van der Waals surface area contributed by atoms with Crippen LogP contribution in [0.2, 0.25) is 5.02 Å². The number of unbranched alkanes of at least 4 members (excludes halogenated alkanes) is 1. The maximum Gasteiger partial charge on any atom is 0.287 e. The van der Waals surface area contributed by atoms with Gasteiger partial charge in [-0.3, -0.25) is 4.79 Å². The Hall–Kier alpha value is -1.95. The van der Waals surface area contributed by atoms with Gasteiger partial charge in [-0.1, -0.05) is 24.9 Å². The third-order valence-corrected chi connectivity index (χ3v) is 3.18. The van der Waals surface area contributed by atoms with E-state index in [0.717, 1.165) is 18.5 Å². The average molecular weight is 294 g/mol. The largest absolute Gasteiger partial charge is 0.377 e. The van der Waals surface area contributed by atoms with Crippen LogP contribution in [0.3, 0.4) is 0 Å². The lowest BCUT2D eigenvalue weighted by Crippen LogP contribution is -2.24. The highest BCUT2D eigenvalue weighted by Crippen LogP contribution is 2.16. The molecule has 2 aromatic heterocycles. The average Bonchev–Trinajstić information content (AvgIpc) is 2.49. The van der Waals surface area contributed by atoms with Crippen molar-refractivity contribution >= 4 is 17.3 Å². The molecule has 0 aliphatic carbocycles. The van der Waals surface area contributed by atoms with Crippen LogP contribution in [0.15, 0.2) is 29.6 Å². The molecule has 2 rings (SSSR count). The molecule has 0 spiro atoms. The zero-order valence-electron chi connectivity index (χ0n) is 11.2. The predicted molar refractivity (Wildman–Crippen MR) is 77.8 cm³/mol. The highest BCUT2D eigenvalue weighted by molar-refractivity contribution is 6.32. The summed E-state index contributed by atoms with van der Waals surface area (Å²) in [6, 6.07) is 1.79. The van der Waals surface area contributed by atoms with Gasteiger partial charge in [-0.25, -0.2) is 14.6 Å². The lowest BCUT2D eigenvalue weighted by atomic mass is 10.3. The quantitative estimate of drug-likeness (QED) is 0.883. The van der Waals surface area contributed by atoms with Gasteiger partial charge in [-0.2, -0.15) is 5.10 Å². The van der Waals surface area contributed by atoms with Crippen molar-refractivity contribution in [1.82, 2.24) is 19.7 Å². The monoisotopic (exact) mass is 293 g/mol. The molecule has 0 atom stereocenters. The summed E-state index contributed by atoms with van der Waals surface area (Å²) in [5.41, 5.74) is 1.06. The molecule has 20 heavy (non-hydrogen) atoms. The first-order valence-corrected chi connectivity index (χ1v) is 6.84. The standard InChI is InChI=1S/C13H16ClN5O/c1-2-3-6-19-13(20)12(14)11(8-18-19)16-7-10-4-5-15-9-17-10/h4-5,8-9,16H,2-3,6-7H2,1H3. The van der Waals surface area contributed by atoms with Gasteiger partial charge in [0.15, 0.2) is 0 Å². The summed E-state index contributed by atoms with van der Waals surface area (Å²) in [6.45, 7) is 3.11. The molecule has 0 amide bonds. The second kappa shape index (κ2) is 7.00. The van der Waals surface area contributed by atoms with Crippen LogP contribution in [0, 0.1) is 0 Å². The van der Waals surface area contributed by atoms with Crippen molar-refractivity contribution in [2.45, 2.75) is 32.9 Å². The Bertz CT molecular complexity index is 614. The maximum absolute atomic E-state index is 12.0. The van der Waals surface area contributed by atoms with E-state index in [2.05, 4.69) is 27.3 Å². The van der Waals surface area contributed by atoms with Crippen LogP contribution in [0.25, 0.3) is 0 Å². The van der Waals surface area contributed by atoms with Gasteiger partial charge in [-0.15, -0.1) is 0 Å². The number of anilines is 1. The minimum atomic E-state index is -0.271. The summed E-state index contributed by atoms with van der Waals surface area (Å²) in [7, 11) is 0. The van der Waals surface area contributed by atoms with Crippen LogP contribution in [0.1, 0.15) is 25.5 Å². The van der Waals surface area contributed by atoms with Gasteiger partial charge in [0, 0.05) is 12.7 Å². The van der Waals surface area contributed by atoms with E-state index in [9.17, 15) is 4.79 Å². The summed E-state index contributed by atoms with van der Waals surface area (Å²) >= 11 is 6.07. The number of aromatic nitrogens is 4. The Morgan fingerprint density at radius 3 is 3.00 bits per heavy atom. The smallest absolute Gasteiger partial charge is 0.287 e. The Labute approximate surface area is 121 Å². The molecule has 0 aliphatic rings. The Kier molecular flexibility index (Phi) is 5.06. The van der Waals surface area contributed by atoms with Crippen LogP contribution in [-0.4, -0.2) is 19.7 Å². The van der Waals surface area contributed by atoms with E-state index in [1.54, 1.807) is 18.5 Å². The normalized spacial score (nSPS) is 10.5. The molecule has 106 valence electrons. The lowest BCUT2D eigenvalue weighted by molar-refractivity contribution is 0.543. The molecule has 0 fully saturated rings. The molecular formula is C13H16ClN5O. The van der Waals surface area contributed by atoms with Crippen LogP contribution in [-0.2, 0) is 13.1 Å². The fraction of sp³-hybridized carbons (Fsp3) is 0.385. The second-order valence-corrected chi connectivity index (χ2v) is 4.69. The van der Waals surface area contributed by atoms with Crippen molar-refractivity contribution in [1.29, 1.82) is 0 Å². The minimum Gasteiger partial charge on any atom is -0.377 e. The summed E-state index contributed by atoms with van der Waals surface area (Å²) in [4.78, 5) is 19.9. The third kappa shape index (κ3) is 3.54. The summed E-state index contributed by atoms with van der Waals surface area (Å²) in [5.74, 6) is 0. The molecule has 0 saturated carbocycles. The highest BCUT2D eigenvalue weighted by Gasteiger charge is 2.08. The van der Waals surface area contributed by atoms with Crippen molar-refractivity contribution < 1.29 is 0 Å². The zero-order chi connectivity index (χ0) is 14.4. The summed E-state index contributed by atoms with van der Waals surface area (Å²) < 4.78 is 1.39. The van der Waals surface area contributed by atoms with E-state index in [1.165, 1.54) is 11.0 Å². The van der Waals surface area contributed by atoms with E-state index in [0.29, 0.717) is 18.8 Å². The number of rotatable bonds is 6. The van der Waals surface area contributed by atoms with Crippen molar-refractivity contribution in [3.8, 4) is 0 Å². The Balaban J connectivity index is 2.09. The third-order valence-electron chi connectivity index (χ3n) is 2.81. The Morgan fingerprint density at radius 1 is 1.45 bits per heavy atom. The van der Waals surface area contributed by atoms with E-state index in [1.807, 2.05) is 0 Å². The number of halogens is 1. The molecule has 1 N–H and O–H groups in total. The molecule has 0 radical (unpaired) electrons. The van der Waals surface area contributed by atoms with E-state index in [4.69, 9.17) is 11.6 Å². The fourth-order valence-electron chi connectivity index (χ4n) is 1.66. The van der Waals surface area contributed by atoms with Crippen molar-refractivity contribution in [3.05, 3.63) is 45.9 Å². The van der Waals surface area contributed by atoms with Gasteiger partial charge < -0.3 is 5.32 Å². The molecule has 0 aromatic carbocycles. The first-order valence-electron chi connectivity index (χ1n) is 6.46. The summed E-state index contributed by atoms with van der Waals surface area (Å²) in [6.07, 6.45) is 6.60. The molecule has 0 unspecified atom stereocenters. The van der Waals surface area contributed by atoms with Crippen LogP contribution < -0.4 is 10.9 Å². The minimum absolute atomic E-state index is 0.158. The Morgan fingerprint density at radius 2 is 2.30 bits per heavy atom. The van der Waals surface area contributed by atoms with Crippen LogP contribution in [0.5, 0.6) is 0 Å². The fourth-order valence-corrected chi connectivity index (χ4v) is 1.88. The van der Waals surface area contributed by atoms with Gasteiger partial charge in [0.05, 0.1) is 24.1 Å². The molecule has 0 aliphatic heterocycles.